The summed E-state index contributed by atoms with van der Waals surface area (Å²) >= 11 is 0. The smallest absolute Gasteiger partial charge is 0.222 e. The first-order chi connectivity index (χ1) is 12.3. The molecule has 3 fully saturated rings. The Kier molecular flexibility index (Phi) is 5.40. The van der Waals surface area contributed by atoms with Crippen LogP contribution in [0.5, 0.6) is 0 Å². The zero-order valence-electron chi connectivity index (χ0n) is 15.4. The van der Waals surface area contributed by atoms with E-state index < -0.39 is 0 Å². The van der Waals surface area contributed by atoms with E-state index in [-0.39, 0.29) is 0 Å². The highest BCUT2D eigenvalue weighted by Gasteiger charge is 2.38. The summed E-state index contributed by atoms with van der Waals surface area (Å²) in [6.07, 6.45) is 8.43. The average molecular weight is 341 g/mol. The van der Waals surface area contributed by atoms with Gasteiger partial charge in [0.15, 0.2) is 0 Å². The fraction of sp³-hybridized carbons (Fsp3) is 0.682. The number of nitrogens with zero attached hydrogens (tertiary/aromatic N) is 2. The maximum absolute atomic E-state index is 12.6. The monoisotopic (exact) mass is 340 g/mol. The molecular formula is C22H32N2O. The predicted octanol–water partition coefficient (Wildman–Crippen LogP) is 3.59. The molecule has 3 nitrogen and oxygen atoms in total. The van der Waals surface area contributed by atoms with Crippen LogP contribution in [-0.4, -0.2) is 48.4 Å². The first kappa shape index (κ1) is 17.1. The van der Waals surface area contributed by atoms with Crippen LogP contribution in [0.4, 0.5) is 0 Å². The molecule has 1 aromatic carbocycles. The zero-order chi connectivity index (χ0) is 17.1. The Bertz CT molecular complexity index is 553. The SMILES string of the molecule is O=C(CC1CCN(CCc2ccccc2)CC1)N1CC2CCCC2C1. The van der Waals surface area contributed by atoms with Crippen LogP contribution in [0, 0.1) is 17.8 Å². The van der Waals surface area contributed by atoms with Gasteiger partial charge in [-0.05, 0) is 68.5 Å². The molecule has 2 unspecified atom stereocenters. The van der Waals surface area contributed by atoms with Crippen LogP contribution >= 0.6 is 0 Å². The van der Waals surface area contributed by atoms with Gasteiger partial charge in [0.05, 0.1) is 0 Å². The van der Waals surface area contributed by atoms with Gasteiger partial charge in [-0.1, -0.05) is 36.8 Å². The summed E-state index contributed by atoms with van der Waals surface area (Å²) in [6.45, 7) is 5.59. The van der Waals surface area contributed by atoms with E-state index >= 15 is 0 Å². The minimum Gasteiger partial charge on any atom is -0.342 e. The number of carbonyl (C=O) groups is 1. The molecule has 0 aromatic heterocycles. The van der Waals surface area contributed by atoms with E-state index in [2.05, 4.69) is 40.1 Å². The van der Waals surface area contributed by atoms with Crippen LogP contribution in [0.1, 0.15) is 44.1 Å². The highest BCUT2D eigenvalue weighted by Crippen LogP contribution is 2.38. The summed E-state index contributed by atoms with van der Waals surface area (Å²) in [5.41, 5.74) is 1.43. The van der Waals surface area contributed by atoms with Crippen LogP contribution in [0.15, 0.2) is 30.3 Å². The van der Waals surface area contributed by atoms with Gasteiger partial charge >= 0.3 is 0 Å². The van der Waals surface area contributed by atoms with E-state index in [4.69, 9.17) is 0 Å². The maximum atomic E-state index is 12.6. The lowest BCUT2D eigenvalue weighted by Gasteiger charge is -2.32. The molecule has 1 amide bonds. The number of piperidine rings is 1. The Labute approximate surface area is 152 Å². The number of hydrogen-bond acceptors (Lipinski definition) is 2. The van der Waals surface area contributed by atoms with Gasteiger partial charge in [-0.2, -0.15) is 0 Å². The molecule has 4 rings (SSSR count). The van der Waals surface area contributed by atoms with E-state index in [0.717, 1.165) is 57.4 Å². The third kappa shape index (κ3) is 4.25. The Morgan fingerprint density at radius 1 is 0.960 bits per heavy atom. The molecule has 2 aliphatic heterocycles. The van der Waals surface area contributed by atoms with Gasteiger partial charge in [0.25, 0.3) is 0 Å². The number of amides is 1. The number of fused-ring (bicyclic) bond motifs is 1. The minimum atomic E-state index is 0.442. The summed E-state index contributed by atoms with van der Waals surface area (Å²) in [6, 6.07) is 10.8. The molecule has 1 aromatic rings. The topological polar surface area (TPSA) is 23.6 Å². The number of hydrogen-bond donors (Lipinski definition) is 0. The standard InChI is InChI=1S/C22H32N2O/c25-22(24-16-20-7-4-8-21(20)17-24)15-19-10-13-23(14-11-19)12-9-18-5-2-1-3-6-18/h1-3,5-6,19-21H,4,7-17H2. The molecule has 136 valence electrons. The van der Waals surface area contributed by atoms with Gasteiger partial charge in [0, 0.05) is 26.1 Å². The molecule has 0 spiro atoms. The third-order valence-electron chi connectivity index (χ3n) is 6.81. The van der Waals surface area contributed by atoms with Crippen molar-refractivity contribution in [1.82, 2.24) is 9.80 Å². The Hall–Kier alpha value is -1.35. The van der Waals surface area contributed by atoms with Crippen LogP contribution in [0.25, 0.3) is 0 Å². The van der Waals surface area contributed by atoms with Crippen molar-refractivity contribution in [3.05, 3.63) is 35.9 Å². The van der Waals surface area contributed by atoms with Crippen LogP contribution in [-0.2, 0) is 11.2 Å². The second-order valence-corrected chi connectivity index (χ2v) is 8.47. The molecule has 0 bridgehead atoms. The van der Waals surface area contributed by atoms with Crippen LogP contribution < -0.4 is 0 Å². The predicted molar refractivity (Wildman–Crippen MR) is 101 cm³/mol. The molecule has 1 aliphatic carbocycles. The van der Waals surface area contributed by atoms with E-state index in [9.17, 15) is 4.79 Å². The van der Waals surface area contributed by atoms with Crippen molar-refractivity contribution < 1.29 is 4.79 Å². The zero-order valence-corrected chi connectivity index (χ0v) is 15.4. The van der Waals surface area contributed by atoms with Crippen molar-refractivity contribution in [2.75, 3.05) is 32.7 Å². The van der Waals surface area contributed by atoms with Crippen LogP contribution in [0.3, 0.4) is 0 Å². The number of benzene rings is 1. The minimum absolute atomic E-state index is 0.442. The summed E-state index contributed by atoms with van der Waals surface area (Å²) in [5, 5.41) is 0. The van der Waals surface area contributed by atoms with Gasteiger partial charge in [0.1, 0.15) is 0 Å². The fourth-order valence-electron chi connectivity index (χ4n) is 5.16. The van der Waals surface area contributed by atoms with Crippen molar-refractivity contribution in [2.24, 2.45) is 17.8 Å². The fourth-order valence-corrected chi connectivity index (χ4v) is 5.16. The lowest BCUT2D eigenvalue weighted by Crippen LogP contribution is -2.37. The van der Waals surface area contributed by atoms with Crippen molar-refractivity contribution in [3.63, 3.8) is 0 Å². The Balaban J connectivity index is 1.17. The molecular weight excluding hydrogens is 308 g/mol. The first-order valence-corrected chi connectivity index (χ1v) is 10.3. The van der Waals surface area contributed by atoms with E-state index in [1.165, 1.54) is 37.7 Å². The molecule has 3 aliphatic rings. The van der Waals surface area contributed by atoms with Gasteiger partial charge < -0.3 is 9.80 Å². The maximum Gasteiger partial charge on any atom is 0.222 e. The average Bonchev–Trinajstić information content (AvgIpc) is 3.24. The molecule has 2 heterocycles. The molecule has 0 N–H and O–H groups in total. The van der Waals surface area contributed by atoms with E-state index in [0.29, 0.717) is 11.8 Å². The van der Waals surface area contributed by atoms with Crippen molar-refractivity contribution in [1.29, 1.82) is 0 Å². The molecule has 2 saturated heterocycles. The normalized spacial score (nSPS) is 27.6. The highest BCUT2D eigenvalue weighted by atomic mass is 16.2. The Morgan fingerprint density at radius 3 is 2.32 bits per heavy atom. The Morgan fingerprint density at radius 2 is 1.64 bits per heavy atom. The van der Waals surface area contributed by atoms with Gasteiger partial charge in [-0.15, -0.1) is 0 Å². The van der Waals surface area contributed by atoms with Gasteiger partial charge in [0.2, 0.25) is 5.91 Å². The third-order valence-corrected chi connectivity index (χ3v) is 6.81. The summed E-state index contributed by atoms with van der Waals surface area (Å²) in [7, 11) is 0. The van der Waals surface area contributed by atoms with Gasteiger partial charge in [-0.25, -0.2) is 0 Å². The van der Waals surface area contributed by atoms with Crippen molar-refractivity contribution in [2.45, 2.75) is 44.9 Å². The van der Waals surface area contributed by atoms with Crippen molar-refractivity contribution >= 4 is 5.91 Å². The number of likely N-dealkylation sites (tertiary alicyclic amines) is 2. The summed E-state index contributed by atoms with van der Waals surface area (Å²) in [5.74, 6) is 2.70. The first-order valence-electron chi connectivity index (χ1n) is 10.3. The molecule has 0 radical (unpaired) electrons. The highest BCUT2D eigenvalue weighted by molar-refractivity contribution is 5.76. The number of rotatable bonds is 5. The van der Waals surface area contributed by atoms with Gasteiger partial charge in [-0.3, -0.25) is 4.79 Å². The second kappa shape index (κ2) is 7.90. The summed E-state index contributed by atoms with van der Waals surface area (Å²) < 4.78 is 0. The largest absolute Gasteiger partial charge is 0.342 e. The van der Waals surface area contributed by atoms with Crippen LogP contribution in [0.2, 0.25) is 0 Å². The second-order valence-electron chi connectivity index (χ2n) is 8.47. The molecule has 2 atom stereocenters. The quantitative estimate of drug-likeness (QED) is 0.818. The number of carbonyl (C=O) groups excluding carboxylic acids is 1. The molecule has 1 saturated carbocycles. The van der Waals surface area contributed by atoms with E-state index in [1.54, 1.807) is 0 Å². The summed E-state index contributed by atoms with van der Waals surface area (Å²) in [4.78, 5) is 17.4. The lowest BCUT2D eigenvalue weighted by atomic mass is 9.92. The van der Waals surface area contributed by atoms with E-state index in [1.807, 2.05) is 0 Å². The lowest BCUT2D eigenvalue weighted by molar-refractivity contribution is -0.131. The van der Waals surface area contributed by atoms with Crippen molar-refractivity contribution in [3.8, 4) is 0 Å². The molecule has 3 heteroatoms. The molecule has 25 heavy (non-hydrogen) atoms.